The highest BCUT2D eigenvalue weighted by Gasteiger charge is 2.59. The number of hydrogen-bond donors (Lipinski definition) is 11. The van der Waals surface area contributed by atoms with Gasteiger partial charge >= 0.3 is 17.9 Å². The lowest BCUT2D eigenvalue weighted by Gasteiger charge is -2.29. The van der Waals surface area contributed by atoms with Crippen LogP contribution in [0.4, 0.5) is 0 Å². The molecule has 3 aromatic carbocycles. The molecule has 0 bridgehead atoms. The third-order valence-corrected chi connectivity index (χ3v) is 6.51. The van der Waals surface area contributed by atoms with Gasteiger partial charge in [-0.05, 0) is 36.4 Å². The van der Waals surface area contributed by atoms with Gasteiger partial charge in [-0.15, -0.1) is 0 Å². The number of aliphatic hydroxyl groups is 2. The van der Waals surface area contributed by atoms with Crippen LogP contribution in [-0.2, 0) is 18.9 Å². The van der Waals surface area contributed by atoms with Gasteiger partial charge in [-0.1, -0.05) is 0 Å². The van der Waals surface area contributed by atoms with Crippen molar-refractivity contribution in [2.75, 3.05) is 13.2 Å². The summed E-state index contributed by atoms with van der Waals surface area (Å²) in [5, 5.41) is 109. The minimum Gasteiger partial charge on any atom is -0.504 e. The Labute approximate surface area is 249 Å². The second kappa shape index (κ2) is 12.0. The number of hydrogen-bond acceptors (Lipinski definition) is 18. The number of carbonyl (C=O) groups excluding carboxylic acids is 3. The van der Waals surface area contributed by atoms with Crippen molar-refractivity contribution in [2.45, 2.75) is 24.1 Å². The molecule has 240 valence electrons. The summed E-state index contributed by atoms with van der Waals surface area (Å²) in [4.78, 5) is 37.8. The number of rotatable bonds is 8. The average Bonchev–Trinajstić information content (AvgIpc) is 3.22. The van der Waals surface area contributed by atoms with Crippen LogP contribution >= 0.6 is 0 Å². The van der Waals surface area contributed by atoms with E-state index in [1.165, 1.54) is 0 Å². The topological polar surface area (TPSA) is 311 Å². The first-order chi connectivity index (χ1) is 21.0. The number of benzene rings is 3. The maximum absolute atomic E-state index is 12.8. The van der Waals surface area contributed by atoms with E-state index in [4.69, 9.17) is 18.9 Å². The van der Waals surface area contributed by atoms with E-state index in [0.29, 0.717) is 24.3 Å². The van der Waals surface area contributed by atoms with Crippen molar-refractivity contribution in [2.24, 2.45) is 0 Å². The zero-order valence-corrected chi connectivity index (χ0v) is 22.4. The second-order valence-electron chi connectivity index (χ2n) is 9.61. The monoisotopic (exact) mass is 636 g/mol. The summed E-state index contributed by atoms with van der Waals surface area (Å²) in [6.07, 6.45) is -6.11. The molecule has 4 rings (SSSR count). The van der Waals surface area contributed by atoms with E-state index in [1.807, 2.05) is 0 Å². The predicted octanol–water partition coefficient (Wildman–Crippen LogP) is -0.275. The van der Waals surface area contributed by atoms with Crippen LogP contribution in [0.15, 0.2) is 36.4 Å². The summed E-state index contributed by atoms with van der Waals surface area (Å²) in [5.74, 6) is -12.2. The van der Waals surface area contributed by atoms with E-state index in [-0.39, 0.29) is 0 Å². The summed E-state index contributed by atoms with van der Waals surface area (Å²) in [6, 6.07) is 4.23. The van der Waals surface area contributed by atoms with Crippen LogP contribution in [0.5, 0.6) is 51.7 Å². The van der Waals surface area contributed by atoms with Crippen molar-refractivity contribution < 1.29 is 89.5 Å². The lowest BCUT2D eigenvalue weighted by Crippen LogP contribution is -2.54. The van der Waals surface area contributed by atoms with Crippen molar-refractivity contribution in [1.82, 2.24) is 0 Å². The zero-order valence-electron chi connectivity index (χ0n) is 22.4. The fraction of sp³-hybridized carbons (Fsp3) is 0.222. The molecule has 18 heteroatoms. The molecule has 0 spiro atoms. The van der Waals surface area contributed by atoms with Crippen LogP contribution in [0.25, 0.3) is 0 Å². The Morgan fingerprint density at radius 3 is 1.38 bits per heavy atom. The van der Waals surface area contributed by atoms with Crippen molar-refractivity contribution in [3.63, 3.8) is 0 Å². The molecule has 0 amide bonds. The second-order valence-corrected chi connectivity index (χ2v) is 9.61. The Bertz CT molecular complexity index is 1600. The lowest BCUT2D eigenvalue weighted by molar-refractivity contribution is -0.193. The number of ether oxygens (including phenoxy) is 4. The number of phenolic OH excluding ortho intramolecular Hbond substituents is 9. The summed E-state index contributed by atoms with van der Waals surface area (Å²) in [6.45, 7) is -2.11. The fourth-order valence-electron chi connectivity index (χ4n) is 4.06. The molecule has 4 atom stereocenters. The van der Waals surface area contributed by atoms with Gasteiger partial charge in [-0.2, -0.15) is 0 Å². The van der Waals surface area contributed by atoms with Crippen LogP contribution in [-0.4, -0.2) is 111 Å². The van der Waals surface area contributed by atoms with Gasteiger partial charge in [0.2, 0.25) is 6.29 Å². The van der Waals surface area contributed by atoms with E-state index < -0.39 is 124 Å². The molecule has 0 aliphatic carbocycles. The minimum absolute atomic E-state index is 0.463. The van der Waals surface area contributed by atoms with Gasteiger partial charge in [-0.3, -0.25) is 0 Å². The Morgan fingerprint density at radius 1 is 0.622 bits per heavy atom. The van der Waals surface area contributed by atoms with Crippen LogP contribution in [0.1, 0.15) is 31.1 Å². The molecule has 0 saturated carbocycles. The van der Waals surface area contributed by atoms with E-state index in [1.54, 1.807) is 0 Å². The average molecular weight is 636 g/mol. The van der Waals surface area contributed by atoms with Crippen molar-refractivity contribution in [3.05, 3.63) is 53.1 Å². The molecule has 0 unspecified atom stereocenters. The molecule has 45 heavy (non-hydrogen) atoms. The van der Waals surface area contributed by atoms with Gasteiger partial charge in [0.25, 0.3) is 0 Å². The van der Waals surface area contributed by atoms with Crippen LogP contribution in [0.3, 0.4) is 0 Å². The highest BCUT2D eigenvalue weighted by Crippen LogP contribution is 2.39. The maximum Gasteiger partial charge on any atom is 0.340 e. The largest absolute Gasteiger partial charge is 0.504 e. The molecule has 0 radical (unpaired) electrons. The first-order valence-corrected chi connectivity index (χ1v) is 12.4. The first-order valence-electron chi connectivity index (χ1n) is 12.4. The summed E-state index contributed by atoms with van der Waals surface area (Å²) < 4.78 is 20.4. The van der Waals surface area contributed by atoms with Gasteiger partial charge in [0.15, 0.2) is 57.3 Å². The van der Waals surface area contributed by atoms with Crippen LogP contribution in [0, 0.1) is 0 Å². The maximum atomic E-state index is 12.8. The molecule has 1 aliphatic heterocycles. The van der Waals surface area contributed by atoms with E-state index in [2.05, 4.69) is 0 Å². The van der Waals surface area contributed by atoms with Crippen molar-refractivity contribution >= 4 is 17.9 Å². The quantitative estimate of drug-likeness (QED) is 0.0860. The van der Waals surface area contributed by atoms with E-state index in [9.17, 15) is 70.6 Å². The minimum atomic E-state index is -2.83. The Hall–Kier alpha value is -5.85. The summed E-state index contributed by atoms with van der Waals surface area (Å²) in [7, 11) is 0. The fourth-order valence-corrected chi connectivity index (χ4v) is 4.06. The van der Waals surface area contributed by atoms with Crippen LogP contribution in [0.2, 0.25) is 0 Å². The standard InChI is InChI=1S/C27H24O18/c28-12-1-9(2-13(29)19(12)34)23(38)42-7-18-22(37)27(41,8-43-24(39)10-3-14(30)20(35)15(31)4-10)26(44-18)45-25(40)11-5-16(32)21(36)17(33)6-11/h1-6,18,22,26,28-37,41H,7-8H2/t18-,22-,26-,27+/m1/s1. The SMILES string of the molecule is O=C(OC[C@H]1O[C@H](OC(=O)c2cc(O)c(O)c(O)c2)[C@](O)(COC(=O)c2cc(O)c(O)c(O)c2)[C@@H]1O)c1cc(O)c(O)c(O)c1. The molecular weight excluding hydrogens is 612 g/mol. The highest BCUT2D eigenvalue weighted by atomic mass is 16.7. The van der Waals surface area contributed by atoms with Crippen LogP contribution < -0.4 is 0 Å². The molecular formula is C27H24O18. The van der Waals surface area contributed by atoms with Crippen molar-refractivity contribution in [3.8, 4) is 51.7 Å². The third-order valence-electron chi connectivity index (χ3n) is 6.51. The Balaban J connectivity index is 1.56. The molecule has 1 aliphatic rings. The number of phenols is 9. The normalized spacial score (nSPS) is 20.8. The van der Waals surface area contributed by atoms with Gasteiger partial charge in [0.05, 0.1) is 16.7 Å². The van der Waals surface area contributed by atoms with Gasteiger partial charge in [0, 0.05) is 0 Å². The number of aromatic hydroxyl groups is 9. The molecule has 18 nitrogen and oxygen atoms in total. The molecule has 0 aromatic heterocycles. The molecule has 1 saturated heterocycles. The Kier molecular flexibility index (Phi) is 8.58. The predicted molar refractivity (Wildman–Crippen MR) is 140 cm³/mol. The molecule has 11 N–H and O–H groups in total. The first kappa shape index (κ1) is 32.1. The van der Waals surface area contributed by atoms with E-state index in [0.717, 1.165) is 12.1 Å². The smallest absolute Gasteiger partial charge is 0.340 e. The number of carbonyl (C=O) groups is 3. The zero-order chi connectivity index (χ0) is 33.4. The Morgan fingerprint density at radius 2 is 0.978 bits per heavy atom. The van der Waals surface area contributed by atoms with Gasteiger partial charge in [-0.25, -0.2) is 14.4 Å². The molecule has 1 heterocycles. The van der Waals surface area contributed by atoms with E-state index >= 15 is 0 Å². The molecule has 1 fully saturated rings. The van der Waals surface area contributed by atoms with Gasteiger partial charge < -0.3 is 75.1 Å². The number of aliphatic hydroxyl groups excluding tert-OH is 1. The lowest BCUT2D eigenvalue weighted by atomic mass is 9.96. The van der Waals surface area contributed by atoms with Crippen molar-refractivity contribution in [1.29, 1.82) is 0 Å². The molecule has 3 aromatic rings. The number of esters is 3. The summed E-state index contributed by atoms with van der Waals surface area (Å²) >= 11 is 0. The van der Waals surface area contributed by atoms with Gasteiger partial charge in [0.1, 0.15) is 25.4 Å². The highest BCUT2D eigenvalue weighted by molar-refractivity contribution is 5.92. The summed E-state index contributed by atoms with van der Waals surface area (Å²) in [5.41, 5.74) is -4.42. The third kappa shape index (κ3) is 6.27.